The molecule has 0 aliphatic heterocycles. The van der Waals surface area contributed by atoms with Gasteiger partial charge in [-0.05, 0) is 41.5 Å². The summed E-state index contributed by atoms with van der Waals surface area (Å²) < 4.78 is 0. The van der Waals surface area contributed by atoms with Crippen LogP contribution in [0, 0.1) is 41.5 Å². The van der Waals surface area contributed by atoms with E-state index in [4.69, 9.17) is 0 Å². The lowest BCUT2D eigenvalue weighted by atomic mass is 9.01. The van der Waals surface area contributed by atoms with E-state index in [1.54, 1.807) is 0 Å². The molecule has 0 nitrogen and oxygen atoms in total. The fourth-order valence-corrected chi connectivity index (χ4v) is 7.94. The van der Waals surface area contributed by atoms with E-state index in [9.17, 15) is 0 Å². The van der Waals surface area contributed by atoms with Crippen LogP contribution in [0.25, 0.3) is 0 Å². The molecule has 0 spiro atoms. The highest BCUT2D eigenvalue weighted by atomic mass is 14.1. The van der Waals surface area contributed by atoms with Crippen molar-refractivity contribution < 1.29 is 0 Å². The van der Waals surface area contributed by atoms with Gasteiger partial charge in [0.05, 0.1) is 0 Å². The molecule has 6 rings (SSSR count). The molecule has 0 fully saturated rings. The molecule has 0 aromatic heterocycles. The van der Waals surface area contributed by atoms with Crippen molar-refractivity contribution in [2.24, 2.45) is 0 Å². The summed E-state index contributed by atoms with van der Waals surface area (Å²) >= 11 is 0. The Bertz CT molecular complexity index is 1600. The van der Waals surface area contributed by atoms with E-state index < -0.39 is 0 Å². The number of hydrogen-bond acceptors (Lipinski definition) is 0. The number of rotatable bonds is 9. The molecule has 0 radical (unpaired) electrons. The highest BCUT2D eigenvalue weighted by Gasteiger charge is 2.48. The quantitative estimate of drug-likeness (QED) is 0.175. The maximum absolute atomic E-state index is 2.39. The first-order chi connectivity index (χ1) is 22.4. The molecule has 0 aliphatic rings. The Balaban J connectivity index is 1.82. The topological polar surface area (TPSA) is 0 Å². The molecular weight excluding hydrogens is 549 g/mol. The molecular formula is C43H43B3. The van der Waals surface area contributed by atoms with E-state index in [2.05, 4.69) is 187 Å². The van der Waals surface area contributed by atoms with E-state index in [-0.39, 0.29) is 25.8 Å². The first-order valence-corrected chi connectivity index (χ1v) is 16.7. The highest BCUT2D eigenvalue weighted by molar-refractivity contribution is 7.17. The lowest BCUT2D eigenvalue weighted by Crippen LogP contribution is -2.68. The van der Waals surface area contributed by atoms with Gasteiger partial charge in [0.1, 0.15) is 0 Å². The Morgan fingerprint density at radius 2 is 0.413 bits per heavy atom. The predicted octanol–water partition coefficient (Wildman–Crippen LogP) is 6.21. The third-order valence-electron chi connectivity index (χ3n) is 10.3. The molecule has 0 aliphatic carbocycles. The SMILES string of the molecule is Cc1ccccc1B(c1ccccc1C)C(B(c1ccccc1C)c1ccccc1C)B(c1ccccc1C)c1ccccc1C. The number of aryl methyl sites for hydroxylation is 6. The van der Waals surface area contributed by atoms with Crippen LogP contribution in [0.3, 0.4) is 0 Å². The van der Waals surface area contributed by atoms with E-state index >= 15 is 0 Å². The molecule has 6 aromatic rings. The molecule has 0 amide bonds. The lowest BCUT2D eigenvalue weighted by Gasteiger charge is -2.39. The zero-order valence-electron chi connectivity index (χ0n) is 28.2. The Labute approximate surface area is 278 Å². The average Bonchev–Trinajstić information content (AvgIpc) is 3.06. The Hall–Kier alpha value is -4.49. The second kappa shape index (κ2) is 13.9. The Kier molecular flexibility index (Phi) is 9.50. The summed E-state index contributed by atoms with van der Waals surface area (Å²) in [7, 11) is 0. The maximum Gasteiger partial charge on any atom is 0.200 e. The summed E-state index contributed by atoms with van der Waals surface area (Å²) in [6.45, 7) is 14.1. The second-order valence-corrected chi connectivity index (χ2v) is 13.1. The van der Waals surface area contributed by atoms with E-state index in [0.717, 1.165) is 0 Å². The smallest absolute Gasteiger partial charge is 0.0776 e. The Morgan fingerprint density at radius 3 is 0.565 bits per heavy atom. The summed E-state index contributed by atoms with van der Waals surface area (Å²) in [5.74, 6) is 0. The van der Waals surface area contributed by atoms with Crippen molar-refractivity contribution in [3.63, 3.8) is 0 Å². The molecule has 0 saturated heterocycles. The number of benzene rings is 6. The lowest BCUT2D eigenvalue weighted by molar-refractivity contribution is 1.43. The third kappa shape index (κ3) is 6.16. The first-order valence-electron chi connectivity index (χ1n) is 16.7. The van der Waals surface area contributed by atoms with Gasteiger partial charge in [-0.25, -0.2) is 0 Å². The average molecular weight is 592 g/mol. The summed E-state index contributed by atoms with van der Waals surface area (Å²) in [6.07, 6.45) is 0. The van der Waals surface area contributed by atoms with Crippen LogP contribution in [0.5, 0.6) is 0 Å². The van der Waals surface area contributed by atoms with Gasteiger partial charge in [0.2, 0.25) is 0 Å². The van der Waals surface area contributed by atoms with Crippen molar-refractivity contribution >= 4 is 52.9 Å². The van der Waals surface area contributed by atoms with Gasteiger partial charge in [-0.1, -0.05) is 217 Å². The van der Waals surface area contributed by atoms with Crippen LogP contribution in [0.15, 0.2) is 146 Å². The molecule has 0 N–H and O–H groups in total. The molecule has 0 unspecified atom stereocenters. The molecule has 0 atom stereocenters. The largest absolute Gasteiger partial charge is 0.200 e. The summed E-state index contributed by atoms with van der Waals surface area (Å²) in [5, 5.41) is 0. The molecule has 6 aromatic carbocycles. The van der Waals surface area contributed by atoms with Crippen LogP contribution >= 0.6 is 0 Å². The number of hydrogen-bond donors (Lipinski definition) is 0. The van der Waals surface area contributed by atoms with E-state index in [0.29, 0.717) is 0 Å². The van der Waals surface area contributed by atoms with Crippen molar-refractivity contribution in [1.82, 2.24) is 0 Å². The van der Waals surface area contributed by atoms with Crippen LogP contribution in [0.1, 0.15) is 33.4 Å². The van der Waals surface area contributed by atoms with Crippen LogP contribution in [0.2, 0.25) is 5.62 Å². The fraction of sp³-hybridized carbons (Fsp3) is 0.163. The molecule has 0 bridgehead atoms. The monoisotopic (exact) mass is 592 g/mol. The molecule has 0 saturated carbocycles. The van der Waals surface area contributed by atoms with Gasteiger partial charge in [0.15, 0.2) is 20.1 Å². The molecule has 3 heteroatoms. The highest BCUT2D eigenvalue weighted by Crippen LogP contribution is 2.25. The normalized spacial score (nSPS) is 11.0. The van der Waals surface area contributed by atoms with Crippen molar-refractivity contribution in [3.8, 4) is 0 Å². The van der Waals surface area contributed by atoms with Gasteiger partial charge in [-0.2, -0.15) is 0 Å². The van der Waals surface area contributed by atoms with Crippen molar-refractivity contribution in [1.29, 1.82) is 0 Å². The van der Waals surface area contributed by atoms with Crippen molar-refractivity contribution in [2.75, 3.05) is 0 Å². The van der Waals surface area contributed by atoms with Crippen LogP contribution in [-0.4, -0.2) is 20.1 Å². The summed E-state index contributed by atoms with van der Waals surface area (Å²) in [4.78, 5) is 0. The summed E-state index contributed by atoms with van der Waals surface area (Å²) in [6, 6.07) is 54.6. The summed E-state index contributed by atoms with van der Waals surface area (Å²) in [5.41, 5.74) is 16.6. The van der Waals surface area contributed by atoms with Gasteiger partial charge < -0.3 is 0 Å². The predicted molar refractivity (Wildman–Crippen MR) is 206 cm³/mol. The Morgan fingerprint density at radius 1 is 0.261 bits per heavy atom. The molecule has 224 valence electrons. The van der Waals surface area contributed by atoms with Crippen molar-refractivity contribution in [2.45, 2.75) is 47.2 Å². The van der Waals surface area contributed by atoms with Gasteiger partial charge in [0, 0.05) is 0 Å². The zero-order valence-corrected chi connectivity index (χ0v) is 28.2. The van der Waals surface area contributed by atoms with Crippen LogP contribution < -0.4 is 32.8 Å². The molecule has 46 heavy (non-hydrogen) atoms. The first kappa shape index (κ1) is 31.5. The second-order valence-electron chi connectivity index (χ2n) is 13.1. The van der Waals surface area contributed by atoms with Crippen LogP contribution in [-0.2, 0) is 0 Å². The van der Waals surface area contributed by atoms with Crippen molar-refractivity contribution in [3.05, 3.63) is 179 Å². The van der Waals surface area contributed by atoms with Gasteiger partial charge in [-0.15, -0.1) is 0 Å². The zero-order chi connectivity index (χ0) is 32.2. The van der Waals surface area contributed by atoms with Gasteiger partial charge in [0.25, 0.3) is 0 Å². The van der Waals surface area contributed by atoms with Gasteiger partial charge in [-0.3, -0.25) is 0 Å². The van der Waals surface area contributed by atoms with E-state index in [1.807, 2.05) is 0 Å². The van der Waals surface area contributed by atoms with E-state index in [1.165, 1.54) is 66.2 Å². The fourth-order valence-electron chi connectivity index (χ4n) is 7.94. The minimum atomic E-state index is 0.121. The third-order valence-corrected chi connectivity index (χ3v) is 10.3. The minimum Gasteiger partial charge on any atom is -0.0776 e. The standard InChI is InChI=1S/C43H43B3/c1-31-19-7-13-25-37(31)44(38-26-14-8-20-32(38)2)43(45(39-27-15-9-21-33(39)3)40-28-16-10-22-34(40)4)46(41-29-17-11-23-35(41)5)42-30-18-12-24-36(42)6/h7-30,43H,1-6H3. The maximum atomic E-state index is 2.39. The molecule has 0 heterocycles. The van der Waals surface area contributed by atoms with Crippen LogP contribution in [0.4, 0.5) is 0 Å². The minimum absolute atomic E-state index is 0.121. The van der Waals surface area contributed by atoms with Gasteiger partial charge >= 0.3 is 0 Å².